The molecule has 2 aliphatic rings. The van der Waals surface area contributed by atoms with Crippen molar-refractivity contribution in [3.8, 4) is 0 Å². The first-order valence-corrected chi connectivity index (χ1v) is 9.38. The van der Waals surface area contributed by atoms with Crippen LogP contribution in [0.5, 0.6) is 0 Å². The van der Waals surface area contributed by atoms with E-state index in [0.29, 0.717) is 31.6 Å². The van der Waals surface area contributed by atoms with Crippen LogP contribution in [-0.2, 0) is 11.2 Å². The van der Waals surface area contributed by atoms with Crippen molar-refractivity contribution in [2.45, 2.75) is 24.8 Å². The van der Waals surface area contributed by atoms with E-state index in [1.807, 2.05) is 35.7 Å². The lowest BCUT2D eigenvalue weighted by Gasteiger charge is -2.35. The molecule has 7 nitrogen and oxygen atoms in total. The highest BCUT2D eigenvalue weighted by Crippen LogP contribution is 2.30. The van der Waals surface area contributed by atoms with Gasteiger partial charge >= 0.3 is 0 Å². The van der Waals surface area contributed by atoms with Crippen molar-refractivity contribution in [1.82, 2.24) is 15.2 Å². The lowest BCUT2D eigenvalue weighted by molar-refractivity contribution is -0.125. The number of likely N-dealkylation sites (tertiary alicyclic amines) is 1. The van der Waals surface area contributed by atoms with Crippen LogP contribution in [0.1, 0.15) is 33.9 Å². The standard InChI is InChI=1S/C18H19N5O2S/c19-17-21-16(25)18(22-17)6-8-23(9-7-18)15(24)13-11-26-14(20-13)10-12-4-2-1-3-5-12/h1-5,11H,6-10H2,(H3,19,21,22,25). The Bertz CT molecular complexity index is 869. The molecule has 26 heavy (non-hydrogen) atoms. The average Bonchev–Trinajstić information content (AvgIpc) is 3.21. The van der Waals surface area contributed by atoms with Gasteiger partial charge in [-0.05, 0) is 18.4 Å². The zero-order chi connectivity index (χ0) is 18.1. The van der Waals surface area contributed by atoms with Gasteiger partial charge in [0.2, 0.25) is 0 Å². The van der Waals surface area contributed by atoms with Crippen LogP contribution in [0.2, 0.25) is 0 Å². The zero-order valence-electron chi connectivity index (χ0n) is 14.1. The van der Waals surface area contributed by atoms with Crippen molar-refractivity contribution in [1.29, 1.82) is 0 Å². The summed E-state index contributed by atoms with van der Waals surface area (Å²) in [4.78, 5) is 35.3. The Morgan fingerprint density at radius 1 is 1.27 bits per heavy atom. The lowest BCUT2D eigenvalue weighted by Crippen LogP contribution is -2.50. The van der Waals surface area contributed by atoms with Gasteiger partial charge in [0, 0.05) is 24.9 Å². The van der Waals surface area contributed by atoms with E-state index in [1.165, 1.54) is 16.9 Å². The average molecular weight is 369 g/mol. The fourth-order valence-electron chi connectivity index (χ4n) is 3.38. The van der Waals surface area contributed by atoms with Crippen LogP contribution in [0.15, 0.2) is 40.7 Å². The third-order valence-electron chi connectivity index (χ3n) is 4.85. The van der Waals surface area contributed by atoms with Gasteiger partial charge in [0.25, 0.3) is 11.8 Å². The molecule has 8 heteroatoms. The molecule has 0 radical (unpaired) electrons. The Balaban J connectivity index is 1.41. The maximum absolute atomic E-state index is 12.7. The Morgan fingerprint density at radius 3 is 2.65 bits per heavy atom. The highest BCUT2D eigenvalue weighted by molar-refractivity contribution is 7.09. The number of rotatable bonds is 3. The van der Waals surface area contributed by atoms with E-state index in [1.54, 1.807) is 4.90 Å². The summed E-state index contributed by atoms with van der Waals surface area (Å²) in [5.74, 6) is -0.0912. The van der Waals surface area contributed by atoms with Gasteiger partial charge < -0.3 is 10.6 Å². The predicted octanol–water partition coefficient (Wildman–Crippen LogP) is 1.15. The second-order valence-electron chi connectivity index (χ2n) is 6.56. The van der Waals surface area contributed by atoms with Gasteiger partial charge in [-0.3, -0.25) is 14.9 Å². The summed E-state index contributed by atoms with van der Waals surface area (Å²) in [6.45, 7) is 0.934. The number of piperidine rings is 1. The molecule has 1 saturated heterocycles. The number of hydrogen-bond acceptors (Lipinski definition) is 6. The molecule has 1 aromatic carbocycles. The van der Waals surface area contributed by atoms with Crippen molar-refractivity contribution >= 4 is 29.1 Å². The second kappa shape index (κ2) is 6.53. The number of benzene rings is 1. The molecule has 0 atom stereocenters. The molecule has 2 amide bonds. The number of carbonyl (C=O) groups is 2. The minimum absolute atomic E-state index is 0.0919. The third kappa shape index (κ3) is 3.08. The highest BCUT2D eigenvalue weighted by atomic mass is 32.1. The molecule has 2 aliphatic heterocycles. The quantitative estimate of drug-likeness (QED) is 0.847. The first kappa shape index (κ1) is 16.7. The van der Waals surface area contributed by atoms with Crippen LogP contribution in [0, 0.1) is 0 Å². The molecule has 2 aromatic rings. The molecule has 3 heterocycles. The Labute approximate surface area is 154 Å². The number of nitrogens with one attached hydrogen (secondary N) is 1. The SMILES string of the molecule is NC1=NC2(CCN(C(=O)c3csc(Cc4ccccc4)n3)CC2)C(=O)N1. The lowest BCUT2D eigenvalue weighted by atomic mass is 9.88. The van der Waals surface area contributed by atoms with E-state index < -0.39 is 5.54 Å². The molecule has 4 rings (SSSR count). The Kier molecular flexibility index (Phi) is 4.20. The molecular formula is C18H19N5O2S. The van der Waals surface area contributed by atoms with Crippen LogP contribution < -0.4 is 11.1 Å². The van der Waals surface area contributed by atoms with Gasteiger partial charge in [0.1, 0.15) is 11.2 Å². The van der Waals surface area contributed by atoms with Gasteiger partial charge in [0.15, 0.2) is 5.96 Å². The van der Waals surface area contributed by atoms with Crippen molar-refractivity contribution < 1.29 is 9.59 Å². The Hall–Kier alpha value is -2.74. The molecule has 0 saturated carbocycles. The molecule has 0 unspecified atom stereocenters. The minimum Gasteiger partial charge on any atom is -0.370 e. The van der Waals surface area contributed by atoms with E-state index in [9.17, 15) is 9.59 Å². The fraction of sp³-hybridized carbons (Fsp3) is 0.333. The summed E-state index contributed by atoms with van der Waals surface area (Å²) in [5, 5.41) is 5.28. The monoisotopic (exact) mass is 369 g/mol. The number of aliphatic imine (C=N–C) groups is 1. The van der Waals surface area contributed by atoms with Crippen molar-refractivity contribution in [2.75, 3.05) is 13.1 Å². The van der Waals surface area contributed by atoms with Gasteiger partial charge in [-0.2, -0.15) is 0 Å². The number of carbonyl (C=O) groups excluding carboxylic acids is 2. The van der Waals surface area contributed by atoms with Crippen molar-refractivity contribution in [2.24, 2.45) is 10.7 Å². The molecule has 1 fully saturated rings. The zero-order valence-corrected chi connectivity index (χ0v) is 15.0. The van der Waals surface area contributed by atoms with E-state index in [0.717, 1.165) is 11.4 Å². The smallest absolute Gasteiger partial charge is 0.273 e. The summed E-state index contributed by atoms with van der Waals surface area (Å²) < 4.78 is 0. The molecule has 0 aliphatic carbocycles. The minimum atomic E-state index is -0.804. The first-order chi connectivity index (χ1) is 12.6. The van der Waals surface area contributed by atoms with E-state index >= 15 is 0 Å². The molecule has 1 spiro atoms. The number of guanidine groups is 1. The number of hydrogen-bond donors (Lipinski definition) is 2. The van der Waals surface area contributed by atoms with Crippen molar-refractivity contribution in [3.63, 3.8) is 0 Å². The predicted molar refractivity (Wildman–Crippen MR) is 99.0 cm³/mol. The maximum atomic E-state index is 12.7. The maximum Gasteiger partial charge on any atom is 0.273 e. The largest absolute Gasteiger partial charge is 0.370 e. The van der Waals surface area contributed by atoms with E-state index in [2.05, 4.69) is 15.3 Å². The van der Waals surface area contributed by atoms with Gasteiger partial charge in [-0.25, -0.2) is 9.98 Å². The number of amides is 2. The first-order valence-electron chi connectivity index (χ1n) is 8.50. The number of nitrogens with zero attached hydrogens (tertiary/aromatic N) is 3. The summed E-state index contributed by atoms with van der Waals surface area (Å²) in [6, 6.07) is 10.1. The number of thiazole rings is 1. The topological polar surface area (TPSA) is 101 Å². The van der Waals surface area contributed by atoms with Crippen LogP contribution in [0.25, 0.3) is 0 Å². The normalized spacial score (nSPS) is 18.7. The molecule has 1 aromatic heterocycles. The molecule has 3 N–H and O–H groups in total. The van der Waals surface area contributed by atoms with Gasteiger partial charge in [-0.15, -0.1) is 11.3 Å². The summed E-state index contributed by atoms with van der Waals surface area (Å²) in [6.07, 6.45) is 1.68. The fourth-order valence-corrected chi connectivity index (χ4v) is 4.19. The summed E-state index contributed by atoms with van der Waals surface area (Å²) in [5.41, 5.74) is 6.45. The third-order valence-corrected chi connectivity index (χ3v) is 5.69. The second-order valence-corrected chi connectivity index (χ2v) is 7.51. The van der Waals surface area contributed by atoms with Gasteiger partial charge in [0.05, 0.1) is 5.01 Å². The van der Waals surface area contributed by atoms with Crippen LogP contribution in [-0.4, -0.2) is 46.3 Å². The van der Waals surface area contributed by atoms with Crippen LogP contribution in [0.4, 0.5) is 0 Å². The van der Waals surface area contributed by atoms with Crippen LogP contribution >= 0.6 is 11.3 Å². The van der Waals surface area contributed by atoms with Gasteiger partial charge in [-0.1, -0.05) is 30.3 Å². The van der Waals surface area contributed by atoms with Crippen molar-refractivity contribution in [3.05, 3.63) is 52.0 Å². The van der Waals surface area contributed by atoms with Crippen LogP contribution in [0.3, 0.4) is 0 Å². The summed E-state index contributed by atoms with van der Waals surface area (Å²) in [7, 11) is 0. The molecule has 134 valence electrons. The summed E-state index contributed by atoms with van der Waals surface area (Å²) >= 11 is 1.50. The number of aromatic nitrogens is 1. The van der Waals surface area contributed by atoms with E-state index in [4.69, 9.17) is 5.73 Å². The highest BCUT2D eigenvalue weighted by Gasteiger charge is 2.46. The van der Waals surface area contributed by atoms with E-state index in [-0.39, 0.29) is 17.8 Å². The molecular weight excluding hydrogens is 350 g/mol. The molecule has 0 bridgehead atoms. The number of nitrogens with two attached hydrogens (primary N) is 1. The Morgan fingerprint density at radius 2 is 2.00 bits per heavy atom.